The first-order chi connectivity index (χ1) is 7.70. The zero-order valence-electron chi connectivity index (χ0n) is 10.1. The average molecular weight is 227 g/mol. The number of hydrogen-bond acceptors (Lipinski definition) is 3. The topological polar surface area (TPSA) is 61.4 Å². The van der Waals surface area contributed by atoms with Crippen LogP contribution in [0.1, 0.15) is 26.7 Å². The number of carbonyl (C=O) groups excluding carboxylic acids is 2. The lowest BCUT2D eigenvalue weighted by Gasteiger charge is -2.34. The van der Waals surface area contributed by atoms with E-state index in [4.69, 9.17) is 0 Å². The zero-order valence-corrected chi connectivity index (χ0v) is 10.1. The Morgan fingerprint density at radius 1 is 1.56 bits per heavy atom. The Labute approximate surface area is 96.6 Å². The van der Waals surface area contributed by atoms with Gasteiger partial charge in [0, 0.05) is 13.1 Å². The van der Waals surface area contributed by atoms with Crippen molar-refractivity contribution in [3.8, 4) is 0 Å². The molecule has 0 aromatic heterocycles. The Balaban J connectivity index is 2.48. The summed E-state index contributed by atoms with van der Waals surface area (Å²) in [6.45, 7) is 6.34. The summed E-state index contributed by atoms with van der Waals surface area (Å²) in [6.07, 6.45) is 1.68. The van der Waals surface area contributed by atoms with Crippen molar-refractivity contribution in [1.29, 1.82) is 0 Å². The van der Waals surface area contributed by atoms with E-state index in [1.54, 1.807) is 4.90 Å². The standard InChI is InChI=1S/C11H21N3O2/c1-3-5-12-8-10(15)14-7-6-13-11(16)9(14)4-2/h9,12H,3-8H2,1-2H3,(H,13,16). The van der Waals surface area contributed by atoms with Crippen LogP contribution in [0.3, 0.4) is 0 Å². The Hall–Kier alpha value is -1.10. The molecule has 1 heterocycles. The molecule has 5 heteroatoms. The summed E-state index contributed by atoms with van der Waals surface area (Å²) in [4.78, 5) is 25.1. The van der Waals surface area contributed by atoms with Crippen LogP contribution in [0, 0.1) is 0 Å². The lowest BCUT2D eigenvalue weighted by atomic mass is 10.1. The fraction of sp³-hybridized carbons (Fsp3) is 0.818. The predicted molar refractivity (Wildman–Crippen MR) is 62.0 cm³/mol. The van der Waals surface area contributed by atoms with Crippen molar-refractivity contribution in [2.45, 2.75) is 32.7 Å². The SMILES string of the molecule is CCCNCC(=O)N1CCNC(=O)C1CC. The number of hydrogen-bond donors (Lipinski definition) is 2. The molecular formula is C11H21N3O2. The van der Waals surface area contributed by atoms with E-state index < -0.39 is 0 Å². The monoisotopic (exact) mass is 227 g/mol. The van der Waals surface area contributed by atoms with Crippen LogP contribution in [0.25, 0.3) is 0 Å². The van der Waals surface area contributed by atoms with E-state index in [0.717, 1.165) is 13.0 Å². The maximum absolute atomic E-state index is 11.9. The summed E-state index contributed by atoms with van der Waals surface area (Å²) in [7, 11) is 0. The molecule has 1 aliphatic heterocycles. The molecule has 2 amide bonds. The highest BCUT2D eigenvalue weighted by atomic mass is 16.2. The molecule has 1 atom stereocenters. The second-order valence-electron chi connectivity index (χ2n) is 3.98. The van der Waals surface area contributed by atoms with Crippen LogP contribution in [0.2, 0.25) is 0 Å². The highest BCUT2D eigenvalue weighted by Crippen LogP contribution is 2.08. The third kappa shape index (κ3) is 3.20. The molecule has 5 nitrogen and oxygen atoms in total. The first-order valence-corrected chi connectivity index (χ1v) is 5.98. The van der Waals surface area contributed by atoms with Gasteiger partial charge >= 0.3 is 0 Å². The molecule has 1 saturated heterocycles. The molecule has 0 bridgehead atoms. The fourth-order valence-electron chi connectivity index (χ4n) is 1.89. The summed E-state index contributed by atoms with van der Waals surface area (Å²) in [6, 6.07) is -0.287. The molecule has 1 rings (SSSR count). The second kappa shape index (κ2) is 6.48. The van der Waals surface area contributed by atoms with E-state index >= 15 is 0 Å². The number of piperazine rings is 1. The Morgan fingerprint density at radius 2 is 2.31 bits per heavy atom. The van der Waals surface area contributed by atoms with Gasteiger partial charge in [-0.2, -0.15) is 0 Å². The van der Waals surface area contributed by atoms with E-state index in [-0.39, 0.29) is 17.9 Å². The molecule has 0 aromatic rings. The summed E-state index contributed by atoms with van der Waals surface area (Å²) < 4.78 is 0. The molecule has 2 N–H and O–H groups in total. The number of nitrogens with one attached hydrogen (secondary N) is 2. The van der Waals surface area contributed by atoms with Gasteiger partial charge in [-0.05, 0) is 19.4 Å². The van der Waals surface area contributed by atoms with Crippen molar-refractivity contribution in [2.24, 2.45) is 0 Å². The van der Waals surface area contributed by atoms with E-state index in [0.29, 0.717) is 26.1 Å². The lowest BCUT2D eigenvalue weighted by molar-refractivity contribution is -0.142. The first-order valence-electron chi connectivity index (χ1n) is 5.98. The number of amides is 2. The maximum atomic E-state index is 11.9. The van der Waals surface area contributed by atoms with E-state index in [1.807, 2.05) is 6.92 Å². The molecule has 0 saturated carbocycles. The van der Waals surface area contributed by atoms with Gasteiger partial charge in [0.15, 0.2) is 0 Å². The van der Waals surface area contributed by atoms with Gasteiger partial charge in [-0.15, -0.1) is 0 Å². The van der Waals surface area contributed by atoms with Crippen LogP contribution in [0.4, 0.5) is 0 Å². The van der Waals surface area contributed by atoms with Crippen molar-refractivity contribution in [3.05, 3.63) is 0 Å². The third-order valence-electron chi connectivity index (χ3n) is 2.74. The van der Waals surface area contributed by atoms with Crippen LogP contribution in [-0.4, -0.2) is 48.9 Å². The minimum Gasteiger partial charge on any atom is -0.353 e. The maximum Gasteiger partial charge on any atom is 0.242 e. The fourth-order valence-corrected chi connectivity index (χ4v) is 1.89. The zero-order chi connectivity index (χ0) is 12.0. The van der Waals surface area contributed by atoms with Gasteiger partial charge in [-0.25, -0.2) is 0 Å². The average Bonchev–Trinajstić information content (AvgIpc) is 2.29. The first kappa shape index (κ1) is 13.0. The van der Waals surface area contributed by atoms with E-state index in [9.17, 15) is 9.59 Å². The Bertz CT molecular complexity index is 256. The summed E-state index contributed by atoms with van der Waals surface area (Å²) in [5.74, 6) is -0.00672. The van der Waals surface area contributed by atoms with Gasteiger partial charge in [-0.1, -0.05) is 13.8 Å². The summed E-state index contributed by atoms with van der Waals surface area (Å²) in [5.41, 5.74) is 0. The van der Waals surface area contributed by atoms with Crippen molar-refractivity contribution >= 4 is 11.8 Å². The second-order valence-corrected chi connectivity index (χ2v) is 3.98. The summed E-state index contributed by atoms with van der Waals surface area (Å²) in [5, 5.41) is 5.85. The van der Waals surface area contributed by atoms with Crippen molar-refractivity contribution < 1.29 is 9.59 Å². The van der Waals surface area contributed by atoms with Gasteiger partial charge in [-0.3, -0.25) is 9.59 Å². The number of rotatable bonds is 5. The molecule has 0 aliphatic carbocycles. The molecule has 16 heavy (non-hydrogen) atoms. The highest BCUT2D eigenvalue weighted by Gasteiger charge is 2.30. The van der Waals surface area contributed by atoms with Crippen molar-refractivity contribution in [2.75, 3.05) is 26.2 Å². The molecule has 0 radical (unpaired) electrons. The third-order valence-corrected chi connectivity index (χ3v) is 2.74. The van der Waals surface area contributed by atoms with Gasteiger partial charge in [0.1, 0.15) is 6.04 Å². The number of nitrogens with zero attached hydrogens (tertiary/aromatic N) is 1. The summed E-state index contributed by atoms with van der Waals surface area (Å²) >= 11 is 0. The van der Waals surface area contributed by atoms with Crippen molar-refractivity contribution in [3.63, 3.8) is 0 Å². The van der Waals surface area contributed by atoms with Crippen LogP contribution >= 0.6 is 0 Å². The number of carbonyl (C=O) groups is 2. The smallest absolute Gasteiger partial charge is 0.242 e. The molecule has 1 unspecified atom stereocenters. The Morgan fingerprint density at radius 3 is 2.94 bits per heavy atom. The molecule has 1 aliphatic rings. The van der Waals surface area contributed by atoms with Crippen LogP contribution < -0.4 is 10.6 Å². The molecule has 1 fully saturated rings. The van der Waals surface area contributed by atoms with Gasteiger partial charge in [0.25, 0.3) is 0 Å². The van der Waals surface area contributed by atoms with Crippen LogP contribution in [0.5, 0.6) is 0 Å². The largest absolute Gasteiger partial charge is 0.353 e. The van der Waals surface area contributed by atoms with Gasteiger partial charge in [0.2, 0.25) is 11.8 Å². The molecule has 0 aromatic carbocycles. The van der Waals surface area contributed by atoms with Crippen molar-refractivity contribution in [1.82, 2.24) is 15.5 Å². The minimum absolute atomic E-state index is 0.0233. The molecular weight excluding hydrogens is 206 g/mol. The minimum atomic E-state index is -0.287. The van der Waals surface area contributed by atoms with Crippen LogP contribution in [-0.2, 0) is 9.59 Å². The molecule has 92 valence electrons. The Kier molecular flexibility index (Phi) is 5.25. The molecule has 0 spiro atoms. The quantitative estimate of drug-likeness (QED) is 0.635. The van der Waals surface area contributed by atoms with Gasteiger partial charge in [0.05, 0.1) is 6.54 Å². The van der Waals surface area contributed by atoms with Crippen LogP contribution in [0.15, 0.2) is 0 Å². The normalized spacial score (nSPS) is 20.8. The van der Waals surface area contributed by atoms with E-state index in [2.05, 4.69) is 17.6 Å². The van der Waals surface area contributed by atoms with Gasteiger partial charge < -0.3 is 15.5 Å². The predicted octanol–water partition coefficient (Wildman–Crippen LogP) is -0.277. The highest BCUT2D eigenvalue weighted by molar-refractivity contribution is 5.89. The lowest BCUT2D eigenvalue weighted by Crippen LogP contribution is -2.58. The van der Waals surface area contributed by atoms with E-state index in [1.165, 1.54) is 0 Å².